The summed E-state index contributed by atoms with van der Waals surface area (Å²) in [5, 5.41) is 3.56. The molecule has 0 saturated heterocycles. The van der Waals surface area contributed by atoms with Crippen molar-refractivity contribution in [2.24, 2.45) is 0 Å². The summed E-state index contributed by atoms with van der Waals surface area (Å²) in [5.74, 6) is -0.0839. The predicted octanol–water partition coefficient (Wildman–Crippen LogP) is 4.21. The molecule has 3 aromatic rings. The number of nitrogens with zero attached hydrogens (tertiary/aromatic N) is 3. The van der Waals surface area contributed by atoms with E-state index in [9.17, 15) is 13.2 Å². The van der Waals surface area contributed by atoms with Crippen molar-refractivity contribution in [3.05, 3.63) is 41.2 Å². The van der Waals surface area contributed by atoms with Crippen molar-refractivity contribution in [3.63, 3.8) is 0 Å². The van der Waals surface area contributed by atoms with E-state index >= 15 is 0 Å². The summed E-state index contributed by atoms with van der Waals surface area (Å²) in [5.41, 5.74) is -0.320. The Balaban J connectivity index is 1.92. The molecule has 1 aliphatic rings. The van der Waals surface area contributed by atoms with Gasteiger partial charge in [0, 0.05) is 5.39 Å². The number of hydrogen-bond donors (Lipinski definition) is 1. The zero-order valence-electron chi connectivity index (χ0n) is 13.0. The number of para-hydroxylation sites is 1. The van der Waals surface area contributed by atoms with Crippen LogP contribution in [0.15, 0.2) is 30.5 Å². The van der Waals surface area contributed by atoms with Crippen LogP contribution >= 0.6 is 11.6 Å². The number of aromatic nitrogens is 3. The third-order valence-corrected chi connectivity index (χ3v) is 3.87. The molecule has 0 spiro atoms. The molecule has 2 aromatic heterocycles. The molecule has 1 aromatic carbocycles. The fourth-order valence-electron chi connectivity index (χ4n) is 2.56. The topological polar surface area (TPSA) is 69.2 Å². The molecule has 0 radical (unpaired) electrons. The second-order valence-electron chi connectivity index (χ2n) is 5.38. The molecule has 4 rings (SSSR count). The van der Waals surface area contributed by atoms with Gasteiger partial charge in [0.2, 0.25) is 0 Å². The number of anilines is 2. The van der Waals surface area contributed by atoms with Crippen LogP contribution in [0.25, 0.3) is 10.9 Å². The molecule has 1 N–H and O–H groups in total. The number of benzene rings is 1. The quantitative estimate of drug-likeness (QED) is 0.587. The summed E-state index contributed by atoms with van der Waals surface area (Å²) in [4.78, 5) is 12.4. The summed E-state index contributed by atoms with van der Waals surface area (Å²) in [6.45, 7) is -0.116. The van der Waals surface area contributed by atoms with Crippen molar-refractivity contribution < 1.29 is 22.6 Å². The van der Waals surface area contributed by atoms with Gasteiger partial charge in [0.05, 0.1) is 23.0 Å². The number of halogens is 4. The summed E-state index contributed by atoms with van der Waals surface area (Å²) >= 11 is 5.92. The van der Waals surface area contributed by atoms with Gasteiger partial charge in [0.25, 0.3) is 0 Å². The number of alkyl halides is 3. The maximum absolute atomic E-state index is 13.3. The molecule has 3 heterocycles. The Morgan fingerprint density at radius 2 is 1.92 bits per heavy atom. The van der Waals surface area contributed by atoms with Gasteiger partial charge in [-0.3, -0.25) is 0 Å². The molecule has 0 fully saturated rings. The Bertz CT molecular complexity index is 997. The first-order valence-electron chi connectivity index (χ1n) is 7.48. The monoisotopic (exact) mass is 382 g/mol. The van der Waals surface area contributed by atoms with Crippen LogP contribution in [-0.2, 0) is 6.18 Å². The van der Waals surface area contributed by atoms with E-state index < -0.39 is 11.7 Å². The van der Waals surface area contributed by atoms with Gasteiger partial charge >= 0.3 is 12.2 Å². The minimum atomic E-state index is -4.57. The number of hydrogen-bond acceptors (Lipinski definition) is 6. The van der Waals surface area contributed by atoms with Gasteiger partial charge in [0.1, 0.15) is 24.2 Å². The lowest BCUT2D eigenvalue weighted by Crippen LogP contribution is -2.17. The zero-order chi connectivity index (χ0) is 18.3. The van der Waals surface area contributed by atoms with Crippen LogP contribution in [0.1, 0.15) is 5.56 Å². The van der Waals surface area contributed by atoms with E-state index in [0.29, 0.717) is 10.9 Å². The van der Waals surface area contributed by atoms with Crippen LogP contribution in [0.3, 0.4) is 0 Å². The molecule has 0 amide bonds. The molecule has 0 saturated carbocycles. The molecule has 26 heavy (non-hydrogen) atoms. The van der Waals surface area contributed by atoms with E-state index in [0.717, 1.165) is 6.07 Å². The lowest BCUT2D eigenvalue weighted by molar-refractivity contribution is -0.138. The highest BCUT2D eigenvalue weighted by molar-refractivity contribution is 6.30. The molecule has 134 valence electrons. The largest absolute Gasteiger partial charge is 0.487 e. The van der Waals surface area contributed by atoms with Crippen LogP contribution in [-0.4, -0.2) is 28.2 Å². The number of rotatable bonds is 0. The van der Waals surface area contributed by atoms with Gasteiger partial charge in [-0.1, -0.05) is 17.7 Å². The summed E-state index contributed by atoms with van der Waals surface area (Å²) in [7, 11) is 0. The third kappa shape index (κ3) is 3.05. The first kappa shape index (κ1) is 16.6. The van der Waals surface area contributed by atoms with Crippen molar-refractivity contribution in [2.75, 3.05) is 18.5 Å². The van der Waals surface area contributed by atoms with Crippen molar-refractivity contribution in [2.45, 2.75) is 6.18 Å². The van der Waals surface area contributed by atoms with Crippen molar-refractivity contribution in [3.8, 4) is 11.8 Å². The normalized spacial score (nSPS) is 14.0. The minimum Gasteiger partial charge on any atom is -0.487 e. The van der Waals surface area contributed by atoms with Crippen LogP contribution < -0.4 is 14.8 Å². The highest BCUT2D eigenvalue weighted by atomic mass is 35.5. The average molecular weight is 383 g/mol. The Hall–Kier alpha value is -2.81. The van der Waals surface area contributed by atoms with Crippen LogP contribution in [0.5, 0.6) is 11.8 Å². The van der Waals surface area contributed by atoms with E-state index in [1.54, 1.807) is 0 Å². The van der Waals surface area contributed by atoms with E-state index in [-0.39, 0.29) is 41.6 Å². The molecule has 1 aliphatic heterocycles. The van der Waals surface area contributed by atoms with Gasteiger partial charge in [-0.05, 0) is 18.2 Å². The van der Waals surface area contributed by atoms with Crippen LogP contribution in [0.2, 0.25) is 5.15 Å². The second kappa shape index (κ2) is 6.17. The van der Waals surface area contributed by atoms with Crippen LogP contribution in [0.4, 0.5) is 24.7 Å². The van der Waals surface area contributed by atoms with E-state index in [4.69, 9.17) is 21.1 Å². The van der Waals surface area contributed by atoms with E-state index in [1.165, 1.54) is 24.4 Å². The smallest absolute Gasteiger partial charge is 0.420 e. The lowest BCUT2D eigenvalue weighted by atomic mass is 10.1. The first-order chi connectivity index (χ1) is 12.4. The number of nitrogens with one attached hydrogen (secondary N) is 1. The summed E-state index contributed by atoms with van der Waals surface area (Å²) < 4.78 is 50.7. The van der Waals surface area contributed by atoms with Crippen LogP contribution in [0, 0.1) is 0 Å². The van der Waals surface area contributed by atoms with Gasteiger partial charge < -0.3 is 14.8 Å². The Morgan fingerprint density at radius 1 is 1.12 bits per heavy atom. The third-order valence-electron chi connectivity index (χ3n) is 3.66. The molecule has 2 bridgehead atoms. The fourth-order valence-corrected chi connectivity index (χ4v) is 2.72. The van der Waals surface area contributed by atoms with Gasteiger partial charge in [-0.2, -0.15) is 23.1 Å². The molecule has 0 atom stereocenters. The predicted molar refractivity (Wildman–Crippen MR) is 88.1 cm³/mol. The molecule has 6 nitrogen and oxygen atoms in total. The van der Waals surface area contributed by atoms with E-state index in [1.807, 2.05) is 0 Å². The highest BCUT2D eigenvalue weighted by Crippen LogP contribution is 2.42. The number of ether oxygens (including phenoxy) is 2. The maximum Gasteiger partial charge on any atom is 0.420 e. The standard InChI is InChI=1S/C16H10ClF3N4O2/c17-12-6-8-11(7-21-12)23-15-24-14(8)22-10-3-1-2-9(16(18,19)20)13(10)25-4-5-26-15/h1-3,6-7H,4-5H2,(H,22,23,24). The molecule has 10 heteroatoms. The Morgan fingerprint density at radius 3 is 2.73 bits per heavy atom. The molecular formula is C16H10ClF3N4O2. The molecule has 0 aliphatic carbocycles. The zero-order valence-corrected chi connectivity index (χ0v) is 13.7. The minimum absolute atomic E-state index is 0.0163. The highest BCUT2D eigenvalue weighted by Gasteiger charge is 2.35. The molecular weight excluding hydrogens is 373 g/mol. The van der Waals surface area contributed by atoms with Crippen molar-refractivity contribution in [1.82, 2.24) is 15.0 Å². The summed E-state index contributed by atoms with van der Waals surface area (Å²) in [6, 6.07) is 5.30. The SMILES string of the molecule is FC(F)(F)c1cccc2c1OCCOc1nc(c3cc(Cl)ncc3n1)N2. The molecule has 0 unspecified atom stereocenters. The van der Waals surface area contributed by atoms with Gasteiger partial charge in [-0.15, -0.1) is 0 Å². The number of pyridine rings is 1. The lowest BCUT2D eigenvalue weighted by Gasteiger charge is -2.20. The second-order valence-corrected chi connectivity index (χ2v) is 5.77. The number of fused-ring (bicyclic) bond motifs is 5. The Labute approximate surface area is 149 Å². The average Bonchev–Trinajstić information content (AvgIpc) is 2.59. The van der Waals surface area contributed by atoms with Gasteiger partial charge in [-0.25, -0.2) is 4.98 Å². The Kier molecular flexibility index (Phi) is 3.95. The van der Waals surface area contributed by atoms with Gasteiger partial charge in [0.15, 0.2) is 5.75 Å². The maximum atomic E-state index is 13.3. The fraction of sp³-hybridized carbons (Fsp3) is 0.188. The van der Waals surface area contributed by atoms with Crippen molar-refractivity contribution >= 4 is 34.0 Å². The summed E-state index contributed by atoms with van der Waals surface area (Å²) in [6.07, 6.45) is -3.13. The van der Waals surface area contributed by atoms with Crippen molar-refractivity contribution in [1.29, 1.82) is 0 Å². The van der Waals surface area contributed by atoms with E-state index in [2.05, 4.69) is 20.3 Å². The first-order valence-corrected chi connectivity index (χ1v) is 7.86.